The average molecular weight is 430 g/mol. The maximum atomic E-state index is 13.0. The van der Waals surface area contributed by atoms with Crippen LogP contribution in [0.5, 0.6) is 0 Å². The summed E-state index contributed by atoms with van der Waals surface area (Å²) < 4.78 is 39.0. The van der Waals surface area contributed by atoms with Crippen molar-refractivity contribution in [3.8, 4) is 0 Å². The first kappa shape index (κ1) is 19.1. The Bertz CT molecular complexity index is 1020. The molecule has 148 valence electrons. The van der Waals surface area contributed by atoms with E-state index in [0.29, 0.717) is 36.1 Å². The van der Waals surface area contributed by atoms with Crippen LogP contribution in [-0.2, 0) is 6.18 Å². The number of hydrogen-bond acceptors (Lipinski definition) is 4. The van der Waals surface area contributed by atoms with Gasteiger partial charge in [0, 0.05) is 31.9 Å². The lowest BCUT2D eigenvalue weighted by Gasteiger charge is -2.40. The quantitative estimate of drug-likeness (QED) is 0.622. The number of alkyl halides is 3. The molecule has 0 radical (unpaired) electrons. The lowest BCUT2D eigenvalue weighted by atomic mass is 10.2. The number of aromatic nitrogens is 3. The van der Waals surface area contributed by atoms with Gasteiger partial charge in [0.15, 0.2) is 0 Å². The molecule has 1 saturated heterocycles. The number of hydrogen-bond donors (Lipinski definition) is 1. The second-order valence-electron chi connectivity index (χ2n) is 6.71. The molecule has 0 amide bonds. The molecule has 1 aliphatic heterocycles. The lowest BCUT2D eigenvalue weighted by molar-refractivity contribution is -0.137. The smallest absolute Gasteiger partial charge is 0.349 e. The molecular weight excluding hydrogens is 414 g/mol. The van der Waals surface area contributed by atoms with Gasteiger partial charge in [-0.15, -0.1) is 0 Å². The van der Waals surface area contributed by atoms with E-state index in [1.165, 1.54) is 0 Å². The van der Waals surface area contributed by atoms with Crippen LogP contribution in [0.25, 0.3) is 11.0 Å². The molecule has 2 aromatic heterocycles. The topological polar surface area (TPSA) is 48.1 Å². The van der Waals surface area contributed by atoms with Crippen molar-refractivity contribution in [2.24, 2.45) is 0 Å². The summed E-state index contributed by atoms with van der Waals surface area (Å²) in [6.45, 7) is 3.91. The van der Waals surface area contributed by atoms with E-state index in [2.05, 4.69) is 19.9 Å². The normalized spacial score (nSPS) is 18.1. The fourth-order valence-electron chi connectivity index (χ4n) is 3.42. The van der Waals surface area contributed by atoms with E-state index in [-0.39, 0.29) is 16.6 Å². The van der Waals surface area contributed by atoms with E-state index >= 15 is 0 Å². The molecule has 1 aliphatic rings. The zero-order valence-corrected chi connectivity index (χ0v) is 16.3. The van der Waals surface area contributed by atoms with Crippen molar-refractivity contribution in [1.29, 1.82) is 0 Å². The van der Waals surface area contributed by atoms with Crippen LogP contribution >= 0.6 is 23.2 Å². The number of benzene rings is 1. The van der Waals surface area contributed by atoms with Crippen molar-refractivity contribution < 1.29 is 13.2 Å². The minimum Gasteiger partial charge on any atom is -0.349 e. The van der Waals surface area contributed by atoms with Gasteiger partial charge in [0.05, 0.1) is 26.6 Å². The molecule has 0 saturated carbocycles. The first-order valence-electron chi connectivity index (χ1n) is 8.62. The Labute approximate surface area is 169 Å². The number of H-pyrrole nitrogens is 1. The van der Waals surface area contributed by atoms with Crippen LogP contribution in [0.4, 0.5) is 24.9 Å². The van der Waals surface area contributed by atoms with Crippen molar-refractivity contribution in [2.75, 3.05) is 29.4 Å². The predicted molar refractivity (Wildman–Crippen MR) is 104 cm³/mol. The number of aromatic amines is 1. The fourth-order valence-corrected chi connectivity index (χ4v) is 3.92. The van der Waals surface area contributed by atoms with Crippen molar-refractivity contribution in [3.05, 3.63) is 46.1 Å². The van der Waals surface area contributed by atoms with Gasteiger partial charge in [0.1, 0.15) is 5.82 Å². The van der Waals surface area contributed by atoms with E-state index in [1.807, 2.05) is 11.8 Å². The molecule has 0 unspecified atom stereocenters. The highest BCUT2D eigenvalue weighted by atomic mass is 35.5. The highest BCUT2D eigenvalue weighted by Gasteiger charge is 2.32. The number of pyridine rings is 1. The van der Waals surface area contributed by atoms with Crippen LogP contribution in [0.15, 0.2) is 30.5 Å². The van der Waals surface area contributed by atoms with Gasteiger partial charge in [-0.05, 0) is 31.2 Å². The molecule has 1 fully saturated rings. The Morgan fingerprint density at radius 1 is 1.18 bits per heavy atom. The molecule has 0 bridgehead atoms. The third-order valence-corrected chi connectivity index (χ3v) is 5.39. The molecular formula is C18H16Cl2F3N5. The first-order valence-corrected chi connectivity index (χ1v) is 9.38. The van der Waals surface area contributed by atoms with Crippen LogP contribution in [0.3, 0.4) is 0 Å². The van der Waals surface area contributed by atoms with Gasteiger partial charge in [0.2, 0.25) is 5.95 Å². The van der Waals surface area contributed by atoms with Gasteiger partial charge in [-0.1, -0.05) is 23.2 Å². The summed E-state index contributed by atoms with van der Waals surface area (Å²) in [5, 5.41) is 0.577. The maximum absolute atomic E-state index is 13.0. The van der Waals surface area contributed by atoms with Crippen LogP contribution in [-0.4, -0.2) is 40.6 Å². The van der Waals surface area contributed by atoms with Gasteiger partial charge in [-0.3, -0.25) is 0 Å². The van der Waals surface area contributed by atoms with Gasteiger partial charge in [-0.25, -0.2) is 9.97 Å². The summed E-state index contributed by atoms with van der Waals surface area (Å²) in [6, 6.07) is 5.57. The summed E-state index contributed by atoms with van der Waals surface area (Å²) in [6.07, 6.45) is -2.78. The molecule has 28 heavy (non-hydrogen) atoms. The molecule has 4 rings (SSSR count). The van der Waals surface area contributed by atoms with Crippen molar-refractivity contribution >= 4 is 46.0 Å². The molecule has 3 aromatic rings. The Morgan fingerprint density at radius 2 is 1.96 bits per heavy atom. The third kappa shape index (κ3) is 3.46. The van der Waals surface area contributed by atoms with E-state index in [0.717, 1.165) is 18.0 Å². The van der Waals surface area contributed by atoms with Crippen LogP contribution in [0, 0.1) is 0 Å². The number of anilines is 2. The van der Waals surface area contributed by atoms with E-state index in [4.69, 9.17) is 23.2 Å². The Hall–Kier alpha value is -2.19. The lowest BCUT2D eigenvalue weighted by Crippen LogP contribution is -2.52. The van der Waals surface area contributed by atoms with E-state index in [9.17, 15) is 13.2 Å². The second-order valence-corrected chi connectivity index (χ2v) is 7.52. The standard InChI is InChI=1S/C18H16Cl2F3N5/c1-10-9-27(5-6-28(10)16-12(19)3-2-4-24-16)17-25-14-8-11(18(21,22)23)7-13(20)15(14)26-17/h2-4,7-8,10H,5-6,9H2,1H3,(H,25,26)/t10-/m1/s1. The summed E-state index contributed by atoms with van der Waals surface area (Å²) in [5.74, 6) is 1.22. The van der Waals surface area contributed by atoms with E-state index in [1.54, 1.807) is 18.3 Å². The van der Waals surface area contributed by atoms with Crippen molar-refractivity contribution in [1.82, 2.24) is 15.0 Å². The van der Waals surface area contributed by atoms with E-state index < -0.39 is 11.7 Å². The molecule has 0 aliphatic carbocycles. The van der Waals surface area contributed by atoms with Crippen LogP contribution in [0.2, 0.25) is 10.0 Å². The monoisotopic (exact) mass is 429 g/mol. The number of nitrogens with one attached hydrogen (secondary N) is 1. The molecule has 0 spiro atoms. The minimum atomic E-state index is -4.47. The molecule has 1 atom stereocenters. The largest absolute Gasteiger partial charge is 0.416 e. The highest BCUT2D eigenvalue weighted by Crippen LogP contribution is 2.35. The molecule has 5 nitrogen and oxygen atoms in total. The predicted octanol–water partition coefficient (Wildman–Crippen LogP) is 5.00. The van der Waals surface area contributed by atoms with Gasteiger partial charge in [0.25, 0.3) is 0 Å². The van der Waals surface area contributed by atoms with Gasteiger partial charge < -0.3 is 14.8 Å². The molecule has 3 heterocycles. The zero-order valence-electron chi connectivity index (χ0n) is 14.8. The molecule has 10 heteroatoms. The number of nitrogens with zero attached hydrogens (tertiary/aromatic N) is 4. The number of rotatable bonds is 2. The molecule has 1 aromatic carbocycles. The Morgan fingerprint density at radius 3 is 2.64 bits per heavy atom. The van der Waals surface area contributed by atoms with Crippen molar-refractivity contribution in [2.45, 2.75) is 19.1 Å². The average Bonchev–Trinajstić information content (AvgIpc) is 3.07. The summed E-state index contributed by atoms with van der Waals surface area (Å²) in [4.78, 5) is 15.9. The fraction of sp³-hybridized carbons (Fsp3) is 0.333. The second kappa shape index (κ2) is 7.00. The number of imidazole rings is 1. The first-order chi connectivity index (χ1) is 13.2. The highest BCUT2D eigenvalue weighted by molar-refractivity contribution is 6.35. The number of piperazine rings is 1. The number of halogens is 5. The summed E-state index contributed by atoms with van der Waals surface area (Å²) in [5.41, 5.74) is -0.226. The summed E-state index contributed by atoms with van der Waals surface area (Å²) >= 11 is 12.3. The number of fused-ring (bicyclic) bond motifs is 1. The SMILES string of the molecule is C[C@@H]1CN(c2nc3cc(C(F)(F)F)cc(Cl)c3[nH]2)CCN1c1ncccc1Cl. The Kier molecular flexibility index (Phi) is 4.79. The Balaban J connectivity index is 1.60. The zero-order chi connectivity index (χ0) is 20.1. The van der Waals surface area contributed by atoms with Crippen LogP contribution < -0.4 is 9.80 Å². The maximum Gasteiger partial charge on any atom is 0.416 e. The molecule has 1 N–H and O–H groups in total. The summed E-state index contributed by atoms with van der Waals surface area (Å²) in [7, 11) is 0. The minimum absolute atomic E-state index is 0.00414. The van der Waals surface area contributed by atoms with Crippen molar-refractivity contribution in [3.63, 3.8) is 0 Å². The third-order valence-electron chi connectivity index (χ3n) is 4.80. The van der Waals surface area contributed by atoms with Gasteiger partial charge in [-0.2, -0.15) is 13.2 Å². The van der Waals surface area contributed by atoms with Gasteiger partial charge >= 0.3 is 6.18 Å². The van der Waals surface area contributed by atoms with Crippen LogP contribution in [0.1, 0.15) is 12.5 Å².